The molecule has 120 valence electrons. The van der Waals surface area contributed by atoms with Gasteiger partial charge in [-0.15, -0.1) is 0 Å². The second-order valence-corrected chi connectivity index (χ2v) is 6.43. The van der Waals surface area contributed by atoms with Gasteiger partial charge >= 0.3 is 0 Å². The maximum Gasteiger partial charge on any atom is 0.243 e. The van der Waals surface area contributed by atoms with E-state index >= 15 is 0 Å². The van der Waals surface area contributed by atoms with Crippen molar-refractivity contribution in [1.82, 2.24) is 14.5 Å². The van der Waals surface area contributed by atoms with Crippen LogP contribution in [-0.4, -0.2) is 39.0 Å². The van der Waals surface area contributed by atoms with Crippen LogP contribution in [0.2, 0.25) is 0 Å². The maximum atomic E-state index is 12.2. The van der Waals surface area contributed by atoms with Gasteiger partial charge in [0, 0.05) is 32.5 Å². The van der Waals surface area contributed by atoms with Crippen molar-refractivity contribution < 1.29 is 17.9 Å². The SMILES string of the molecule is COc1ccccc1[C@H](CNS(=O)(=O)c1cnn(C)c1)OC. The molecule has 7 nitrogen and oxygen atoms in total. The Bertz CT molecular complexity index is 727. The zero-order valence-corrected chi connectivity index (χ0v) is 13.5. The predicted molar refractivity (Wildman–Crippen MR) is 81.1 cm³/mol. The van der Waals surface area contributed by atoms with Crippen LogP contribution in [0.4, 0.5) is 0 Å². The first-order valence-electron chi connectivity index (χ1n) is 6.62. The standard InChI is InChI=1S/C14H19N3O4S/c1-17-10-11(8-15-17)22(18,19)16-9-14(21-3)12-6-4-5-7-13(12)20-2/h4-8,10,14,16H,9H2,1-3H3/t14-/m0/s1. The largest absolute Gasteiger partial charge is 0.496 e. The van der Waals surface area contributed by atoms with Crippen molar-refractivity contribution in [1.29, 1.82) is 0 Å². The molecule has 22 heavy (non-hydrogen) atoms. The van der Waals surface area contributed by atoms with Crippen LogP contribution < -0.4 is 9.46 Å². The number of aromatic nitrogens is 2. The van der Waals surface area contributed by atoms with Gasteiger partial charge in [-0.05, 0) is 6.07 Å². The molecule has 0 aliphatic rings. The number of methoxy groups -OCH3 is 2. The summed E-state index contributed by atoms with van der Waals surface area (Å²) < 4.78 is 39.0. The highest BCUT2D eigenvalue weighted by Crippen LogP contribution is 2.26. The molecule has 0 spiro atoms. The molecule has 1 aromatic heterocycles. The molecule has 0 amide bonds. The average molecular weight is 325 g/mol. The van der Waals surface area contributed by atoms with E-state index < -0.39 is 16.1 Å². The first kappa shape index (κ1) is 16.5. The van der Waals surface area contributed by atoms with Crippen LogP contribution in [0, 0.1) is 0 Å². The molecule has 1 atom stereocenters. The Kier molecular flexibility index (Phi) is 5.17. The first-order valence-corrected chi connectivity index (χ1v) is 8.10. The van der Waals surface area contributed by atoms with Crippen molar-refractivity contribution in [2.24, 2.45) is 7.05 Å². The number of nitrogens with one attached hydrogen (secondary N) is 1. The van der Waals surface area contributed by atoms with E-state index in [2.05, 4.69) is 9.82 Å². The van der Waals surface area contributed by atoms with Gasteiger partial charge in [0.1, 0.15) is 10.6 Å². The smallest absolute Gasteiger partial charge is 0.243 e. The second-order valence-electron chi connectivity index (χ2n) is 4.67. The summed E-state index contributed by atoms with van der Waals surface area (Å²) in [5, 5.41) is 3.86. The van der Waals surface area contributed by atoms with Crippen LogP contribution in [0.5, 0.6) is 5.75 Å². The second kappa shape index (κ2) is 6.91. The lowest BCUT2D eigenvalue weighted by Gasteiger charge is -2.18. The lowest BCUT2D eigenvalue weighted by Crippen LogP contribution is -2.29. The Morgan fingerprint density at radius 2 is 2.05 bits per heavy atom. The number of para-hydroxylation sites is 1. The molecule has 0 saturated carbocycles. The number of nitrogens with zero attached hydrogens (tertiary/aromatic N) is 2. The van der Waals surface area contributed by atoms with Crippen molar-refractivity contribution in [2.45, 2.75) is 11.0 Å². The number of aryl methyl sites for hydroxylation is 1. The number of hydrogen-bond donors (Lipinski definition) is 1. The molecule has 8 heteroatoms. The maximum absolute atomic E-state index is 12.2. The highest BCUT2D eigenvalue weighted by Gasteiger charge is 2.21. The summed E-state index contributed by atoms with van der Waals surface area (Å²) >= 11 is 0. The van der Waals surface area contributed by atoms with Crippen molar-refractivity contribution in [3.8, 4) is 5.75 Å². The highest BCUT2D eigenvalue weighted by atomic mass is 32.2. The van der Waals surface area contributed by atoms with E-state index in [0.29, 0.717) is 5.75 Å². The zero-order valence-electron chi connectivity index (χ0n) is 12.7. The van der Waals surface area contributed by atoms with Gasteiger partial charge in [-0.2, -0.15) is 5.10 Å². The number of sulfonamides is 1. The fourth-order valence-corrected chi connectivity index (χ4v) is 3.07. The molecule has 0 aliphatic heterocycles. The van der Waals surface area contributed by atoms with E-state index in [1.54, 1.807) is 20.2 Å². The molecule has 1 aromatic carbocycles. The fraction of sp³-hybridized carbons (Fsp3) is 0.357. The van der Waals surface area contributed by atoms with Gasteiger partial charge in [-0.1, -0.05) is 18.2 Å². The van der Waals surface area contributed by atoms with Gasteiger partial charge in [-0.3, -0.25) is 4.68 Å². The molecule has 0 bridgehead atoms. The van der Waals surface area contributed by atoms with Crippen molar-refractivity contribution in [3.05, 3.63) is 42.2 Å². The summed E-state index contributed by atoms with van der Waals surface area (Å²) in [7, 11) is 1.12. The third-order valence-corrected chi connectivity index (χ3v) is 4.60. The third-order valence-electron chi connectivity index (χ3n) is 3.22. The summed E-state index contributed by atoms with van der Waals surface area (Å²) in [5.41, 5.74) is 0.779. The van der Waals surface area contributed by atoms with Gasteiger partial charge in [0.2, 0.25) is 10.0 Å². The molecule has 1 heterocycles. The highest BCUT2D eigenvalue weighted by molar-refractivity contribution is 7.89. The topological polar surface area (TPSA) is 82.5 Å². The quantitative estimate of drug-likeness (QED) is 0.824. The van der Waals surface area contributed by atoms with E-state index in [4.69, 9.17) is 9.47 Å². The van der Waals surface area contributed by atoms with Crippen LogP contribution >= 0.6 is 0 Å². The fourth-order valence-electron chi connectivity index (χ4n) is 2.06. The predicted octanol–water partition coefficient (Wildman–Crippen LogP) is 1.09. The van der Waals surface area contributed by atoms with E-state index in [9.17, 15) is 8.42 Å². The van der Waals surface area contributed by atoms with Crippen LogP contribution in [0.25, 0.3) is 0 Å². The molecule has 0 unspecified atom stereocenters. The Morgan fingerprint density at radius 1 is 1.32 bits per heavy atom. The number of hydrogen-bond acceptors (Lipinski definition) is 5. The minimum atomic E-state index is -3.63. The molecular weight excluding hydrogens is 306 g/mol. The van der Waals surface area contributed by atoms with E-state index in [0.717, 1.165) is 5.56 Å². The molecule has 0 saturated heterocycles. The zero-order chi connectivity index (χ0) is 16.2. The molecule has 0 aliphatic carbocycles. The van der Waals surface area contributed by atoms with Gasteiger partial charge in [0.05, 0.1) is 19.4 Å². The number of rotatable bonds is 7. The molecule has 2 aromatic rings. The summed E-state index contributed by atoms with van der Waals surface area (Å²) in [4.78, 5) is 0.116. The van der Waals surface area contributed by atoms with Crippen molar-refractivity contribution >= 4 is 10.0 Å². The van der Waals surface area contributed by atoms with Crippen molar-refractivity contribution in [2.75, 3.05) is 20.8 Å². The Hall–Kier alpha value is -1.90. The summed E-state index contributed by atoms with van der Waals surface area (Å²) in [6.45, 7) is 0.0914. The Morgan fingerprint density at radius 3 is 2.64 bits per heavy atom. The lowest BCUT2D eigenvalue weighted by molar-refractivity contribution is 0.105. The van der Waals surface area contributed by atoms with E-state index in [1.165, 1.54) is 24.2 Å². The molecule has 2 rings (SSSR count). The average Bonchev–Trinajstić information content (AvgIpc) is 2.96. The van der Waals surface area contributed by atoms with Gasteiger partial charge in [-0.25, -0.2) is 13.1 Å². The number of benzene rings is 1. The number of ether oxygens (including phenoxy) is 2. The van der Waals surface area contributed by atoms with Gasteiger partial charge < -0.3 is 9.47 Å². The van der Waals surface area contributed by atoms with Crippen LogP contribution in [0.3, 0.4) is 0 Å². The van der Waals surface area contributed by atoms with Crippen LogP contribution in [-0.2, 0) is 21.8 Å². The first-order chi connectivity index (χ1) is 10.5. The van der Waals surface area contributed by atoms with E-state index in [-0.39, 0.29) is 11.4 Å². The van der Waals surface area contributed by atoms with Gasteiger partial charge in [0.15, 0.2) is 0 Å². The molecule has 0 fully saturated rings. The summed E-state index contributed by atoms with van der Waals surface area (Å²) in [6.07, 6.45) is 2.28. The minimum absolute atomic E-state index is 0.0914. The molecule has 0 radical (unpaired) electrons. The summed E-state index contributed by atoms with van der Waals surface area (Å²) in [6, 6.07) is 7.33. The normalized spacial score (nSPS) is 13.0. The Balaban J connectivity index is 2.14. The van der Waals surface area contributed by atoms with Crippen molar-refractivity contribution in [3.63, 3.8) is 0 Å². The van der Waals surface area contributed by atoms with E-state index in [1.807, 2.05) is 18.2 Å². The van der Waals surface area contributed by atoms with Gasteiger partial charge in [0.25, 0.3) is 0 Å². The van der Waals surface area contributed by atoms with Crippen LogP contribution in [0.1, 0.15) is 11.7 Å². The Labute approximate surface area is 129 Å². The minimum Gasteiger partial charge on any atom is -0.496 e. The third kappa shape index (κ3) is 3.65. The lowest BCUT2D eigenvalue weighted by atomic mass is 10.1. The molecular formula is C14H19N3O4S. The molecule has 1 N–H and O–H groups in total. The summed E-state index contributed by atoms with van der Waals surface area (Å²) in [5.74, 6) is 0.648. The van der Waals surface area contributed by atoms with Crippen LogP contribution in [0.15, 0.2) is 41.6 Å². The monoisotopic (exact) mass is 325 g/mol.